The Balaban J connectivity index is 0.956. The number of benzene rings is 12. The summed E-state index contributed by atoms with van der Waals surface area (Å²) in [5.41, 5.74) is 13.4. The minimum atomic E-state index is 0.0970. The van der Waals surface area contributed by atoms with Crippen LogP contribution in [0.1, 0.15) is 0 Å². The molecule has 3 heteroatoms. The van der Waals surface area contributed by atoms with E-state index in [0.29, 0.717) is 0 Å². The van der Waals surface area contributed by atoms with E-state index in [1.54, 1.807) is 0 Å². The van der Waals surface area contributed by atoms with E-state index in [1.165, 1.54) is 95.8 Å². The van der Waals surface area contributed by atoms with Crippen molar-refractivity contribution in [3.05, 3.63) is 218 Å². The van der Waals surface area contributed by atoms with Gasteiger partial charge in [0.2, 0.25) is 0 Å². The summed E-state index contributed by atoms with van der Waals surface area (Å²) in [5, 5.41) is 17.1. The summed E-state index contributed by atoms with van der Waals surface area (Å²) in [6.45, 7) is 0. The zero-order valence-electron chi connectivity index (χ0n) is 36.0. The van der Waals surface area contributed by atoms with Crippen LogP contribution in [0.3, 0.4) is 0 Å². The molecule has 310 valence electrons. The fourth-order valence-electron chi connectivity index (χ4n) is 11.5. The number of para-hydroxylation sites is 4. The van der Waals surface area contributed by atoms with Crippen LogP contribution < -0.4 is 0 Å². The molecule has 0 atom stereocenters. The summed E-state index contributed by atoms with van der Waals surface area (Å²) in [5.74, 6) is 0. The van der Waals surface area contributed by atoms with E-state index in [4.69, 9.17) is 8.83 Å². The van der Waals surface area contributed by atoms with Crippen LogP contribution in [0.25, 0.3) is 151 Å². The van der Waals surface area contributed by atoms with Crippen molar-refractivity contribution in [3.8, 4) is 44.5 Å². The molecule has 0 aliphatic rings. The number of hydrogen-bond donors (Lipinski definition) is 0. The first-order chi connectivity index (χ1) is 33.3. The Morgan fingerprint density at radius 1 is 0.254 bits per heavy atom. The van der Waals surface area contributed by atoms with Crippen LogP contribution in [0.5, 0.6) is 0 Å². The SMILES string of the molecule is c1ccc2c(c1)oc1c(-c3c4ccccc4c(-c4ccc5[se]c6c(-c7c8ccccc8c(-c8cccc9c8oc8ccccc89)c8ccccc78)cccc6c5c4)c4ccccc34)cccc12. The maximum absolute atomic E-state index is 6.69. The molecule has 0 unspecified atom stereocenters. The normalized spacial score (nSPS) is 12.2. The van der Waals surface area contributed by atoms with E-state index in [-0.39, 0.29) is 14.5 Å². The van der Waals surface area contributed by atoms with Gasteiger partial charge in [-0.25, -0.2) is 0 Å². The van der Waals surface area contributed by atoms with Crippen molar-refractivity contribution >= 4 is 121 Å². The molecule has 0 radical (unpaired) electrons. The van der Waals surface area contributed by atoms with Crippen LogP contribution in [0.4, 0.5) is 0 Å². The van der Waals surface area contributed by atoms with Gasteiger partial charge in [-0.05, 0) is 6.07 Å². The van der Waals surface area contributed by atoms with Crippen molar-refractivity contribution in [3.63, 3.8) is 0 Å². The number of fused-ring (bicyclic) bond motifs is 13. The predicted molar refractivity (Wildman–Crippen MR) is 285 cm³/mol. The standard InChI is InChI=1S/C64H36O2Se/c1-3-20-42-40(18-1)58(41-19-2-4-21-43(41)59(42)51-29-13-26-48-38-16-9-11-32-55(38)65-62(48)51)37-34-35-57-54(36-37)50-28-15-31-53(64(50)67-57)61-46-24-7-5-22-44(46)60(45-23-6-8-25-47(45)61)52-30-14-27-49-39-17-10-12-33-56(39)66-63(49)52/h1-36H. The Kier molecular flexibility index (Phi) is 7.83. The minimum absolute atomic E-state index is 0.0970. The molecule has 0 amide bonds. The monoisotopic (exact) mass is 916 g/mol. The fraction of sp³-hybridized carbons (Fsp3) is 0. The van der Waals surface area contributed by atoms with Crippen LogP contribution in [-0.2, 0) is 0 Å². The van der Waals surface area contributed by atoms with Gasteiger partial charge in [-0.2, -0.15) is 0 Å². The van der Waals surface area contributed by atoms with Crippen molar-refractivity contribution in [2.24, 2.45) is 0 Å². The zero-order chi connectivity index (χ0) is 43.7. The molecule has 0 aliphatic carbocycles. The van der Waals surface area contributed by atoms with Gasteiger partial charge in [-0.3, -0.25) is 0 Å². The Hall–Kier alpha value is -8.20. The van der Waals surface area contributed by atoms with Crippen LogP contribution in [0.2, 0.25) is 0 Å². The molecule has 12 aromatic carbocycles. The fourth-order valence-corrected chi connectivity index (χ4v) is 14.0. The van der Waals surface area contributed by atoms with Crippen molar-refractivity contribution in [1.29, 1.82) is 0 Å². The molecular weight excluding hydrogens is 880 g/mol. The summed E-state index contributed by atoms with van der Waals surface area (Å²) >= 11 is 0.0970. The molecule has 3 heterocycles. The summed E-state index contributed by atoms with van der Waals surface area (Å²) in [6.07, 6.45) is 0. The Labute approximate surface area is 390 Å². The van der Waals surface area contributed by atoms with Gasteiger partial charge in [-0.1, -0.05) is 18.2 Å². The van der Waals surface area contributed by atoms with Crippen molar-refractivity contribution in [2.45, 2.75) is 0 Å². The second-order valence-corrected chi connectivity index (χ2v) is 19.9. The quantitative estimate of drug-likeness (QED) is 0.130. The second-order valence-electron chi connectivity index (χ2n) is 17.7. The summed E-state index contributed by atoms with van der Waals surface area (Å²) < 4.78 is 16.2. The number of rotatable bonds is 4. The predicted octanol–water partition coefficient (Wildman–Crippen LogP) is 18.1. The third-order valence-corrected chi connectivity index (χ3v) is 16.8. The number of furan rings is 2. The molecule has 0 spiro atoms. The van der Waals surface area contributed by atoms with Crippen molar-refractivity contribution in [2.75, 3.05) is 0 Å². The van der Waals surface area contributed by atoms with Crippen LogP contribution in [-0.4, -0.2) is 14.5 Å². The third-order valence-electron chi connectivity index (χ3n) is 14.3. The molecule has 0 N–H and O–H groups in total. The first-order valence-electron chi connectivity index (χ1n) is 22.9. The molecule has 0 saturated heterocycles. The van der Waals surface area contributed by atoms with Gasteiger partial charge >= 0.3 is 368 Å². The molecule has 0 bridgehead atoms. The molecule has 67 heavy (non-hydrogen) atoms. The van der Waals surface area contributed by atoms with Gasteiger partial charge in [0.25, 0.3) is 0 Å². The molecule has 0 fully saturated rings. The van der Waals surface area contributed by atoms with E-state index in [1.807, 2.05) is 6.07 Å². The van der Waals surface area contributed by atoms with Crippen LogP contribution in [0.15, 0.2) is 227 Å². The molecule has 0 aliphatic heterocycles. The van der Waals surface area contributed by atoms with Gasteiger partial charge in [0, 0.05) is 0 Å². The summed E-state index contributed by atoms with van der Waals surface area (Å²) in [7, 11) is 0. The third kappa shape index (κ3) is 5.27. The van der Waals surface area contributed by atoms with E-state index in [9.17, 15) is 0 Å². The maximum atomic E-state index is 6.69. The summed E-state index contributed by atoms with van der Waals surface area (Å²) in [6, 6.07) is 80.1. The molecule has 15 aromatic rings. The molecule has 0 saturated carbocycles. The first-order valence-corrected chi connectivity index (χ1v) is 24.6. The summed E-state index contributed by atoms with van der Waals surface area (Å²) in [4.78, 5) is 0. The van der Waals surface area contributed by atoms with Gasteiger partial charge in [0.05, 0.1) is 0 Å². The van der Waals surface area contributed by atoms with Gasteiger partial charge in [0.15, 0.2) is 0 Å². The molecular formula is C64H36O2Se. The van der Waals surface area contributed by atoms with E-state index in [0.717, 1.165) is 55.0 Å². The first kappa shape index (κ1) is 37.1. The van der Waals surface area contributed by atoms with Crippen LogP contribution >= 0.6 is 0 Å². The van der Waals surface area contributed by atoms with E-state index >= 15 is 0 Å². The van der Waals surface area contributed by atoms with E-state index < -0.39 is 0 Å². The molecule has 15 rings (SSSR count). The average Bonchev–Trinajstić information content (AvgIpc) is 4.09. The Morgan fingerprint density at radius 3 is 1.07 bits per heavy atom. The zero-order valence-corrected chi connectivity index (χ0v) is 37.7. The van der Waals surface area contributed by atoms with Gasteiger partial charge < -0.3 is 0 Å². The molecule has 3 aromatic heterocycles. The molecule has 2 nitrogen and oxygen atoms in total. The van der Waals surface area contributed by atoms with Crippen molar-refractivity contribution in [1.82, 2.24) is 0 Å². The topological polar surface area (TPSA) is 26.3 Å². The second kappa shape index (κ2) is 14.1. The van der Waals surface area contributed by atoms with E-state index in [2.05, 4.69) is 212 Å². The number of hydrogen-bond acceptors (Lipinski definition) is 2. The van der Waals surface area contributed by atoms with Gasteiger partial charge in [0.1, 0.15) is 0 Å². The van der Waals surface area contributed by atoms with Crippen LogP contribution in [0, 0.1) is 0 Å². The van der Waals surface area contributed by atoms with Gasteiger partial charge in [-0.15, -0.1) is 0 Å². The Bertz CT molecular complexity index is 4470. The van der Waals surface area contributed by atoms with Crippen molar-refractivity contribution < 1.29 is 8.83 Å². The Morgan fingerprint density at radius 2 is 0.612 bits per heavy atom. The average molecular weight is 916 g/mol.